The standard InChI is InChI=1S/C11H15NO/c1-3-10-9-7-5-6-8-11(9)13-12(10)4-2/h5-8,10H,3-4H2,1-2H3. The van der Waals surface area contributed by atoms with Crippen molar-refractivity contribution in [2.75, 3.05) is 6.54 Å². The first kappa shape index (κ1) is 8.57. The molecule has 70 valence electrons. The fraction of sp³-hybridized carbons (Fsp3) is 0.455. The first-order valence-electron chi connectivity index (χ1n) is 4.90. The lowest BCUT2D eigenvalue weighted by atomic mass is 10.0. The fourth-order valence-electron chi connectivity index (χ4n) is 1.89. The van der Waals surface area contributed by atoms with Gasteiger partial charge in [0.05, 0.1) is 6.04 Å². The van der Waals surface area contributed by atoms with E-state index >= 15 is 0 Å². The molecule has 2 heteroatoms. The number of fused-ring (bicyclic) bond motifs is 1. The summed E-state index contributed by atoms with van der Waals surface area (Å²) >= 11 is 0. The predicted molar refractivity (Wildman–Crippen MR) is 52.5 cm³/mol. The van der Waals surface area contributed by atoms with Crippen molar-refractivity contribution >= 4 is 0 Å². The minimum atomic E-state index is 0.446. The van der Waals surface area contributed by atoms with Crippen molar-refractivity contribution in [2.24, 2.45) is 0 Å². The van der Waals surface area contributed by atoms with Gasteiger partial charge in [0.1, 0.15) is 0 Å². The lowest BCUT2D eigenvalue weighted by Gasteiger charge is -2.19. The number of rotatable bonds is 2. The zero-order valence-corrected chi connectivity index (χ0v) is 8.16. The van der Waals surface area contributed by atoms with Crippen LogP contribution in [-0.4, -0.2) is 11.6 Å². The monoisotopic (exact) mass is 177 g/mol. The molecule has 1 aliphatic rings. The van der Waals surface area contributed by atoms with Crippen LogP contribution in [0.1, 0.15) is 31.9 Å². The molecule has 0 N–H and O–H groups in total. The Labute approximate surface area is 79.1 Å². The van der Waals surface area contributed by atoms with E-state index in [0.717, 1.165) is 18.7 Å². The third-order valence-electron chi connectivity index (χ3n) is 2.54. The molecule has 0 spiro atoms. The molecule has 1 aliphatic heterocycles. The average Bonchev–Trinajstić information content (AvgIpc) is 2.55. The molecule has 0 aliphatic carbocycles. The van der Waals surface area contributed by atoms with Crippen LogP contribution in [0, 0.1) is 0 Å². The maximum absolute atomic E-state index is 5.69. The van der Waals surface area contributed by atoms with Gasteiger partial charge in [-0.2, -0.15) is 0 Å². The van der Waals surface area contributed by atoms with Gasteiger partial charge in [0.15, 0.2) is 5.75 Å². The molecule has 1 heterocycles. The second-order valence-corrected chi connectivity index (χ2v) is 3.29. The van der Waals surface area contributed by atoms with Crippen molar-refractivity contribution in [3.63, 3.8) is 0 Å². The van der Waals surface area contributed by atoms with Crippen LogP contribution in [0.4, 0.5) is 0 Å². The molecule has 13 heavy (non-hydrogen) atoms. The first-order valence-corrected chi connectivity index (χ1v) is 4.90. The van der Waals surface area contributed by atoms with Gasteiger partial charge < -0.3 is 4.84 Å². The summed E-state index contributed by atoms with van der Waals surface area (Å²) in [5.74, 6) is 1.02. The van der Waals surface area contributed by atoms with E-state index in [4.69, 9.17) is 4.84 Å². The van der Waals surface area contributed by atoms with Gasteiger partial charge in [-0.25, -0.2) is 0 Å². The first-order chi connectivity index (χ1) is 6.36. The summed E-state index contributed by atoms with van der Waals surface area (Å²) in [5, 5.41) is 2.05. The van der Waals surface area contributed by atoms with E-state index in [0.29, 0.717) is 6.04 Å². The van der Waals surface area contributed by atoms with E-state index < -0.39 is 0 Å². The van der Waals surface area contributed by atoms with Crippen molar-refractivity contribution in [3.05, 3.63) is 29.8 Å². The smallest absolute Gasteiger partial charge is 0.152 e. The van der Waals surface area contributed by atoms with Gasteiger partial charge in [0, 0.05) is 12.1 Å². The summed E-state index contributed by atoms with van der Waals surface area (Å²) in [4.78, 5) is 5.69. The second-order valence-electron chi connectivity index (χ2n) is 3.29. The Bertz CT molecular complexity index is 298. The van der Waals surface area contributed by atoms with Gasteiger partial charge in [-0.15, -0.1) is 5.06 Å². The van der Waals surface area contributed by atoms with Gasteiger partial charge in [-0.3, -0.25) is 0 Å². The Morgan fingerprint density at radius 3 is 2.77 bits per heavy atom. The Morgan fingerprint density at radius 1 is 1.31 bits per heavy atom. The van der Waals surface area contributed by atoms with Crippen LogP contribution in [0.5, 0.6) is 5.75 Å². The molecular formula is C11H15NO. The van der Waals surface area contributed by atoms with E-state index in [1.165, 1.54) is 5.56 Å². The number of hydrogen-bond acceptors (Lipinski definition) is 2. The van der Waals surface area contributed by atoms with Crippen LogP contribution in [0.3, 0.4) is 0 Å². The summed E-state index contributed by atoms with van der Waals surface area (Å²) < 4.78 is 0. The Hall–Kier alpha value is -1.02. The lowest BCUT2D eigenvalue weighted by molar-refractivity contribution is -0.0671. The molecule has 0 fully saturated rings. The van der Waals surface area contributed by atoms with Crippen molar-refractivity contribution in [3.8, 4) is 5.75 Å². The highest BCUT2D eigenvalue weighted by molar-refractivity contribution is 5.38. The van der Waals surface area contributed by atoms with E-state index in [-0.39, 0.29) is 0 Å². The number of para-hydroxylation sites is 1. The molecule has 0 bridgehead atoms. The molecule has 1 unspecified atom stereocenters. The molecule has 0 radical (unpaired) electrons. The summed E-state index contributed by atoms with van der Waals surface area (Å²) in [6, 6.07) is 8.72. The second kappa shape index (κ2) is 3.38. The minimum Gasteiger partial charge on any atom is -0.405 e. The van der Waals surface area contributed by atoms with Crippen molar-refractivity contribution in [1.82, 2.24) is 5.06 Å². The van der Waals surface area contributed by atoms with Gasteiger partial charge in [-0.1, -0.05) is 25.1 Å². The van der Waals surface area contributed by atoms with Gasteiger partial charge >= 0.3 is 0 Å². The molecule has 2 rings (SSSR count). The number of hydrogen-bond donors (Lipinski definition) is 0. The molecule has 0 aromatic heterocycles. The zero-order chi connectivity index (χ0) is 9.26. The van der Waals surface area contributed by atoms with Crippen molar-refractivity contribution in [2.45, 2.75) is 26.3 Å². The highest BCUT2D eigenvalue weighted by atomic mass is 16.7. The predicted octanol–water partition coefficient (Wildman–Crippen LogP) is 2.77. The number of hydroxylamine groups is 2. The van der Waals surface area contributed by atoms with Crippen LogP contribution < -0.4 is 4.84 Å². The van der Waals surface area contributed by atoms with Gasteiger partial charge in [0.25, 0.3) is 0 Å². The SMILES string of the molecule is CCC1c2ccccc2ON1CC. The van der Waals surface area contributed by atoms with Crippen LogP contribution in [0.2, 0.25) is 0 Å². The lowest BCUT2D eigenvalue weighted by Crippen LogP contribution is -2.25. The van der Waals surface area contributed by atoms with Crippen LogP contribution in [0.15, 0.2) is 24.3 Å². The van der Waals surface area contributed by atoms with Crippen LogP contribution in [0.25, 0.3) is 0 Å². The van der Waals surface area contributed by atoms with E-state index in [2.05, 4.69) is 26.0 Å². The highest BCUT2D eigenvalue weighted by Gasteiger charge is 2.29. The normalized spacial score (nSPS) is 21.2. The minimum absolute atomic E-state index is 0.446. The molecular weight excluding hydrogens is 162 g/mol. The molecule has 1 aromatic carbocycles. The van der Waals surface area contributed by atoms with Crippen LogP contribution in [-0.2, 0) is 0 Å². The zero-order valence-electron chi connectivity index (χ0n) is 8.16. The molecule has 1 atom stereocenters. The topological polar surface area (TPSA) is 12.5 Å². The third-order valence-corrected chi connectivity index (χ3v) is 2.54. The molecule has 0 saturated carbocycles. The fourth-order valence-corrected chi connectivity index (χ4v) is 1.89. The maximum atomic E-state index is 5.69. The van der Waals surface area contributed by atoms with E-state index in [9.17, 15) is 0 Å². The van der Waals surface area contributed by atoms with E-state index in [1.807, 2.05) is 17.2 Å². The quantitative estimate of drug-likeness (QED) is 0.688. The summed E-state index contributed by atoms with van der Waals surface area (Å²) in [6.45, 7) is 5.25. The summed E-state index contributed by atoms with van der Waals surface area (Å²) in [6.07, 6.45) is 1.10. The molecule has 2 nitrogen and oxygen atoms in total. The Morgan fingerprint density at radius 2 is 2.08 bits per heavy atom. The largest absolute Gasteiger partial charge is 0.405 e. The average molecular weight is 177 g/mol. The third kappa shape index (κ3) is 1.31. The maximum Gasteiger partial charge on any atom is 0.152 e. The van der Waals surface area contributed by atoms with Crippen molar-refractivity contribution < 1.29 is 4.84 Å². The molecule has 0 amide bonds. The highest BCUT2D eigenvalue weighted by Crippen LogP contribution is 2.38. The molecule has 1 aromatic rings. The Balaban J connectivity index is 2.34. The summed E-state index contributed by atoms with van der Waals surface area (Å²) in [5.41, 5.74) is 1.33. The summed E-state index contributed by atoms with van der Waals surface area (Å²) in [7, 11) is 0. The van der Waals surface area contributed by atoms with Crippen molar-refractivity contribution in [1.29, 1.82) is 0 Å². The van der Waals surface area contributed by atoms with Crippen LogP contribution >= 0.6 is 0 Å². The van der Waals surface area contributed by atoms with E-state index in [1.54, 1.807) is 0 Å². The van der Waals surface area contributed by atoms with Gasteiger partial charge in [-0.05, 0) is 19.4 Å². The number of benzene rings is 1. The Kier molecular flexibility index (Phi) is 2.23. The number of nitrogens with zero attached hydrogens (tertiary/aromatic N) is 1. The van der Waals surface area contributed by atoms with Gasteiger partial charge in [0.2, 0.25) is 0 Å². The molecule has 0 saturated heterocycles.